The molecular formula is C13H17BrClNO2. The summed E-state index contributed by atoms with van der Waals surface area (Å²) < 4.78 is 5.83. The van der Waals surface area contributed by atoms with Crippen molar-refractivity contribution < 1.29 is 9.53 Å². The van der Waals surface area contributed by atoms with E-state index in [-0.39, 0.29) is 11.3 Å². The summed E-state index contributed by atoms with van der Waals surface area (Å²) in [6.07, 6.45) is 0.689. The second kappa shape index (κ2) is 7.77. The van der Waals surface area contributed by atoms with Crippen molar-refractivity contribution in [2.45, 2.75) is 18.7 Å². The zero-order valence-corrected chi connectivity index (χ0v) is 12.8. The molecule has 1 rings (SSSR count). The number of aryl methyl sites for hydroxylation is 1. The molecule has 1 N–H and O–H groups in total. The Kier molecular flexibility index (Phi) is 6.68. The van der Waals surface area contributed by atoms with Crippen molar-refractivity contribution in [2.24, 2.45) is 0 Å². The first-order chi connectivity index (χ1) is 8.52. The molecule has 0 fully saturated rings. The highest BCUT2D eigenvalue weighted by Crippen LogP contribution is 2.15. The van der Waals surface area contributed by atoms with Crippen molar-refractivity contribution in [3.63, 3.8) is 0 Å². The van der Waals surface area contributed by atoms with Crippen LogP contribution >= 0.6 is 27.5 Å². The fourth-order valence-electron chi connectivity index (χ4n) is 1.58. The van der Waals surface area contributed by atoms with Crippen molar-refractivity contribution in [3.05, 3.63) is 33.8 Å². The number of rotatable bonds is 6. The Morgan fingerprint density at radius 3 is 2.83 bits per heavy atom. The molecule has 1 atom stereocenters. The molecular weight excluding hydrogens is 318 g/mol. The van der Waals surface area contributed by atoms with Crippen LogP contribution in [0.2, 0.25) is 0 Å². The number of nitrogens with one attached hydrogen (secondary N) is 1. The predicted molar refractivity (Wildman–Crippen MR) is 77.3 cm³/mol. The average molecular weight is 335 g/mol. The average Bonchev–Trinajstić information content (AvgIpc) is 2.27. The van der Waals surface area contributed by atoms with Crippen molar-refractivity contribution in [2.75, 3.05) is 20.3 Å². The van der Waals surface area contributed by atoms with E-state index in [1.54, 1.807) is 13.2 Å². The molecule has 5 heteroatoms. The molecule has 0 bridgehead atoms. The van der Waals surface area contributed by atoms with Gasteiger partial charge in [-0.05, 0) is 37.1 Å². The highest BCUT2D eigenvalue weighted by atomic mass is 79.9. The van der Waals surface area contributed by atoms with Crippen molar-refractivity contribution in [1.29, 1.82) is 0 Å². The maximum absolute atomic E-state index is 11.9. The second-order valence-electron chi connectivity index (χ2n) is 4.11. The summed E-state index contributed by atoms with van der Waals surface area (Å²) in [7, 11) is 1.61. The van der Waals surface area contributed by atoms with Gasteiger partial charge in [0, 0.05) is 23.7 Å². The Balaban J connectivity index is 2.45. The highest BCUT2D eigenvalue weighted by Gasteiger charge is 2.08. The standard InChI is InChI=1S/C13H17BrClNO2/c1-9-5-10(7-11(14)6-9)13(17)16-4-3-12(15)8-18-2/h5-7,12H,3-4,8H2,1-2H3,(H,16,17). The predicted octanol–water partition coefficient (Wildman–Crippen LogP) is 3.13. The molecule has 0 aliphatic heterocycles. The van der Waals surface area contributed by atoms with Gasteiger partial charge in [0.2, 0.25) is 0 Å². The lowest BCUT2D eigenvalue weighted by Crippen LogP contribution is -2.27. The molecule has 0 aliphatic rings. The molecule has 0 aliphatic carbocycles. The summed E-state index contributed by atoms with van der Waals surface area (Å²) >= 11 is 9.35. The molecule has 100 valence electrons. The number of carbonyl (C=O) groups is 1. The number of benzene rings is 1. The van der Waals surface area contributed by atoms with Gasteiger partial charge in [-0.25, -0.2) is 0 Å². The molecule has 18 heavy (non-hydrogen) atoms. The van der Waals surface area contributed by atoms with Crippen LogP contribution in [-0.4, -0.2) is 31.5 Å². The summed E-state index contributed by atoms with van der Waals surface area (Å²) in [5.74, 6) is -0.0827. The largest absolute Gasteiger partial charge is 0.383 e. The first-order valence-corrected chi connectivity index (χ1v) is 6.94. The fraction of sp³-hybridized carbons (Fsp3) is 0.462. The maximum atomic E-state index is 11.9. The minimum absolute atomic E-state index is 0.0699. The number of carbonyl (C=O) groups excluding carboxylic acids is 1. The SMILES string of the molecule is COCC(Cl)CCNC(=O)c1cc(C)cc(Br)c1. The van der Waals surface area contributed by atoms with Crippen LogP contribution in [0.5, 0.6) is 0 Å². The summed E-state index contributed by atoms with van der Waals surface area (Å²) in [6.45, 7) is 2.99. The number of halogens is 2. The smallest absolute Gasteiger partial charge is 0.251 e. The van der Waals surface area contributed by atoms with E-state index in [4.69, 9.17) is 16.3 Å². The molecule has 0 saturated heterocycles. The van der Waals surface area contributed by atoms with Gasteiger partial charge in [0.05, 0.1) is 12.0 Å². The lowest BCUT2D eigenvalue weighted by molar-refractivity contribution is 0.0951. The van der Waals surface area contributed by atoms with E-state index in [0.717, 1.165) is 10.0 Å². The Morgan fingerprint density at radius 1 is 1.50 bits per heavy atom. The molecule has 0 spiro atoms. The third-order valence-electron chi connectivity index (χ3n) is 2.39. The van der Waals surface area contributed by atoms with Gasteiger partial charge < -0.3 is 10.1 Å². The van der Waals surface area contributed by atoms with E-state index in [0.29, 0.717) is 25.1 Å². The van der Waals surface area contributed by atoms with Crippen molar-refractivity contribution >= 4 is 33.4 Å². The molecule has 0 heterocycles. The molecule has 3 nitrogen and oxygen atoms in total. The molecule has 0 aromatic heterocycles. The Labute approximate surface area is 121 Å². The maximum Gasteiger partial charge on any atom is 0.251 e. The number of amides is 1. The Hall–Kier alpha value is -0.580. The van der Waals surface area contributed by atoms with Crippen LogP contribution in [0.25, 0.3) is 0 Å². The zero-order chi connectivity index (χ0) is 13.5. The Bertz CT molecular complexity index is 392. The lowest BCUT2D eigenvalue weighted by atomic mass is 10.1. The first-order valence-electron chi connectivity index (χ1n) is 5.71. The van der Waals surface area contributed by atoms with Gasteiger partial charge in [0.1, 0.15) is 0 Å². The summed E-state index contributed by atoms with van der Waals surface area (Å²) in [5, 5.41) is 2.77. The summed E-state index contributed by atoms with van der Waals surface area (Å²) in [6, 6.07) is 5.62. The van der Waals surface area contributed by atoms with Crippen LogP contribution in [0, 0.1) is 6.92 Å². The van der Waals surface area contributed by atoms with E-state index < -0.39 is 0 Å². The molecule has 0 radical (unpaired) electrons. The highest BCUT2D eigenvalue weighted by molar-refractivity contribution is 9.10. The molecule has 1 amide bonds. The van der Waals surface area contributed by atoms with E-state index >= 15 is 0 Å². The normalized spacial score (nSPS) is 12.2. The van der Waals surface area contributed by atoms with Gasteiger partial charge in [0.25, 0.3) is 5.91 Å². The van der Waals surface area contributed by atoms with Crippen LogP contribution in [0.15, 0.2) is 22.7 Å². The monoisotopic (exact) mass is 333 g/mol. The third-order valence-corrected chi connectivity index (χ3v) is 3.20. The van der Waals surface area contributed by atoms with E-state index in [2.05, 4.69) is 21.2 Å². The zero-order valence-electron chi connectivity index (χ0n) is 10.5. The molecule has 0 saturated carbocycles. The molecule has 1 aromatic rings. The van der Waals surface area contributed by atoms with E-state index in [1.807, 2.05) is 19.1 Å². The molecule has 1 unspecified atom stereocenters. The van der Waals surface area contributed by atoms with Gasteiger partial charge >= 0.3 is 0 Å². The minimum atomic E-state index is -0.0827. The quantitative estimate of drug-likeness (QED) is 0.812. The number of alkyl halides is 1. The summed E-state index contributed by atoms with van der Waals surface area (Å²) in [5.41, 5.74) is 1.70. The van der Waals surface area contributed by atoms with Gasteiger partial charge in [-0.15, -0.1) is 11.6 Å². The van der Waals surface area contributed by atoms with Crippen molar-refractivity contribution in [3.8, 4) is 0 Å². The van der Waals surface area contributed by atoms with E-state index in [1.165, 1.54) is 0 Å². The first kappa shape index (κ1) is 15.5. The number of ether oxygens (including phenoxy) is 1. The van der Waals surface area contributed by atoms with Crippen LogP contribution < -0.4 is 5.32 Å². The Morgan fingerprint density at radius 2 is 2.22 bits per heavy atom. The number of methoxy groups -OCH3 is 1. The second-order valence-corrected chi connectivity index (χ2v) is 5.65. The van der Waals surface area contributed by atoms with Gasteiger partial charge in [-0.2, -0.15) is 0 Å². The van der Waals surface area contributed by atoms with Crippen molar-refractivity contribution in [1.82, 2.24) is 5.32 Å². The van der Waals surface area contributed by atoms with Crippen LogP contribution in [-0.2, 0) is 4.74 Å². The number of hydrogen-bond acceptors (Lipinski definition) is 2. The molecule has 1 aromatic carbocycles. The van der Waals surface area contributed by atoms with Crippen LogP contribution in [0.4, 0.5) is 0 Å². The third kappa shape index (κ3) is 5.38. The lowest BCUT2D eigenvalue weighted by Gasteiger charge is -2.10. The fourth-order valence-corrected chi connectivity index (χ4v) is 2.42. The minimum Gasteiger partial charge on any atom is -0.383 e. The number of hydrogen-bond donors (Lipinski definition) is 1. The van der Waals surface area contributed by atoms with Gasteiger partial charge in [-0.1, -0.05) is 15.9 Å². The topological polar surface area (TPSA) is 38.3 Å². The van der Waals surface area contributed by atoms with Gasteiger partial charge in [0.15, 0.2) is 0 Å². The van der Waals surface area contributed by atoms with Crippen LogP contribution in [0.3, 0.4) is 0 Å². The van der Waals surface area contributed by atoms with Crippen LogP contribution in [0.1, 0.15) is 22.3 Å². The summed E-state index contributed by atoms with van der Waals surface area (Å²) in [4.78, 5) is 11.9. The van der Waals surface area contributed by atoms with E-state index in [9.17, 15) is 4.79 Å². The van der Waals surface area contributed by atoms with Gasteiger partial charge in [-0.3, -0.25) is 4.79 Å².